The molecule has 0 radical (unpaired) electrons. The van der Waals surface area contributed by atoms with Gasteiger partial charge < -0.3 is 14.8 Å². The second kappa shape index (κ2) is 9.52. The number of amides is 1. The van der Waals surface area contributed by atoms with Gasteiger partial charge in [-0.25, -0.2) is 13.2 Å². The maximum absolute atomic E-state index is 12.9. The Morgan fingerprint density at radius 1 is 1.22 bits per heavy atom. The SMILES string of the molecule is C/C=C/C(=O)OCC(=O)Nc1ccc(OC)c(S(=O)(=O)N2CCCCC2)c1. The number of carbonyl (C=O) groups is 2. The highest BCUT2D eigenvalue weighted by Gasteiger charge is 2.29. The second-order valence-electron chi connectivity index (χ2n) is 5.99. The summed E-state index contributed by atoms with van der Waals surface area (Å²) in [7, 11) is -2.34. The summed E-state index contributed by atoms with van der Waals surface area (Å²) < 4.78 is 37.3. The Balaban J connectivity index is 2.17. The Bertz CT molecular complexity index is 813. The highest BCUT2D eigenvalue weighted by atomic mass is 32.2. The van der Waals surface area contributed by atoms with Crippen LogP contribution in [-0.4, -0.2) is 51.4 Å². The zero-order chi connectivity index (χ0) is 19.9. The third-order valence-electron chi connectivity index (χ3n) is 4.03. The van der Waals surface area contributed by atoms with Crippen LogP contribution in [0.1, 0.15) is 26.2 Å². The fraction of sp³-hybridized carbons (Fsp3) is 0.444. The van der Waals surface area contributed by atoms with E-state index in [0.29, 0.717) is 13.1 Å². The molecule has 27 heavy (non-hydrogen) atoms. The molecule has 1 aromatic rings. The molecule has 1 N–H and O–H groups in total. The zero-order valence-electron chi connectivity index (χ0n) is 15.4. The van der Waals surface area contributed by atoms with Gasteiger partial charge in [-0.1, -0.05) is 12.5 Å². The minimum Gasteiger partial charge on any atom is -0.495 e. The lowest BCUT2D eigenvalue weighted by Gasteiger charge is -2.26. The number of hydrogen-bond acceptors (Lipinski definition) is 6. The number of piperidine rings is 1. The van der Waals surface area contributed by atoms with Gasteiger partial charge in [-0.15, -0.1) is 0 Å². The van der Waals surface area contributed by atoms with E-state index in [1.165, 1.54) is 41.8 Å². The van der Waals surface area contributed by atoms with Crippen LogP contribution in [0.25, 0.3) is 0 Å². The summed E-state index contributed by atoms with van der Waals surface area (Å²) in [5.74, 6) is -0.992. The first kappa shape index (κ1) is 20.9. The molecular weight excluding hydrogens is 372 g/mol. The number of benzene rings is 1. The van der Waals surface area contributed by atoms with E-state index in [2.05, 4.69) is 5.32 Å². The summed E-state index contributed by atoms with van der Waals surface area (Å²) in [6.07, 6.45) is 5.34. The second-order valence-corrected chi connectivity index (χ2v) is 7.89. The van der Waals surface area contributed by atoms with Crippen LogP contribution in [0.15, 0.2) is 35.2 Å². The number of ether oxygens (including phenoxy) is 2. The van der Waals surface area contributed by atoms with Crippen LogP contribution in [0.2, 0.25) is 0 Å². The topological polar surface area (TPSA) is 102 Å². The number of nitrogens with zero attached hydrogens (tertiary/aromatic N) is 1. The van der Waals surface area contributed by atoms with Crippen molar-refractivity contribution in [3.05, 3.63) is 30.4 Å². The fourth-order valence-corrected chi connectivity index (χ4v) is 4.42. The quantitative estimate of drug-likeness (QED) is 0.558. The summed E-state index contributed by atoms with van der Waals surface area (Å²) >= 11 is 0. The van der Waals surface area contributed by atoms with Crippen LogP contribution < -0.4 is 10.1 Å². The average molecular weight is 396 g/mol. The third kappa shape index (κ3) is 5.54. The molecule has 1 aromatic carbocycles. The van der Waals surface area contributed by atoms with Gasteiger partial charge in [-0.2, -0.15) is 4.31 Å². The Morgan fingerprint density at radius 3 is 2.56 bits per heavy atom. The maximum atomic E-state index is 12.9. The molecule has 8 nitrogen and oxygen atoms in total. The predicted octanol–water partition coefficient (Wildman–Crippen LogP) is 1.93. The molecule has 1 aliphatic rings. The average Bonchev–Trinajstić information content (AvgIpc) is 2.67. The number of hydrogen-bond donors (Lipinski definition) is 1. The van der Waals surface area contributed by atoms with E-state index in [-0.39, 0.29) is 16.3 Å². The summed E-state index contributed by atoms with van der Waals surface area (Å²) in [6.45, 7) is 2.11. The van der Waals surface area contributed by atoms with E-state index in [1.807, 2.05) is 0 Å². The molecule has 0 spiro atoms. The first-order valence-electron chi connectivity index (χ1n) is 8.66. The van der Waals surface area contributed by atoms with Crippen molar-refractivity contribution in [2.75, 3.05) is 32.1 Å². The molecule has 1 heterocycles. The van der Waals surface area contributed by atoms with Crippen molar-refractivity contribution in [2.45, 2.75) is 31.1 Å². The summed E-state index contributed by atoms with van der Waals surface area (Å²) in [5.41, 5.74) is 0.276. The molecule has 0 aromatic heterocycles. The molecule has 1 aliphatic heterocycles. The Labute approximate surface area is 159 Å². The molecule has 148 valence electrons. The van der Waals surface area contributed by atoms with Gasteiger partial charge in [0.2, 0.25) is 10.0 Å². The lowest BCUT2D eigenvalue weighted by Crippen LogP contribution is -2.35. The van der Waals surface area contributed by atoms with Crippen molar-refractivity contribution < 1.29 is 27.5 Å². The van der Waals surface area contributed by atoms with Crippen molar-refractivity contribution in [1.29, 1.82) is 0 Å². The van der Waals surface area contributed by atoms with Gasteiger partial charge in [0.05, 0.1) is 7.11 Å². The molecule has 1 fully saturated rings. The van der Waals surface area contributed by atoms with Crippen LogP contribution in [0.4, 0.5) is 5.69 Å². The molecule has 0 unspecified atom stereocenters. The van der Waals surface area contributed by atoms with Gasteiger partial charge in [0.15, 0.2) is 6.61 Å². The minimum absolute atomic E-state index is 0.00406. The van der Waals surface area contributed by atoms with Crippen LogP contribution in [0.3, 0.4) is 0 Å². The molecule has 0 atom stereocenters. The number of carbonyl (C=O) groups excluding carboxylic acids is 2. The molecule has 9 heteroatoms. The molecule has 1 amide bonds. The zero-order valence-corrected chi connectivity index (χ0v) is 16.3. The lowest BCUT2D eigenvalue weighted by molar-refractivity contribution is -0.142. The first-order chi connectivity index (χ1) is 12.9. The number of nitrogens with one attached hydrogen (secondary N) is 1. The summed E-state index contributed by atoms with van der Waals surface area (Å²) in [5, 5.41) is 2.53. The highest BCUT2D eigenvalue weighted by Crippen LogP contribution is 2.31. The van der Waals surface area contributed by atoms with E-state index in [4.69, 9.17) is 9.47 Å². The molecule has 0 saturated carbocycles. The smallest absolute Gasteiger partial charge is 0.330 e. The van der Waals surface area contributed by atoms with Crippen molar-refractivity contribution in [2.24, 2.45) is 0 Å². The standard InChI is InChI=1S/C18H24N2O6S/c1-3-7-18(22)26-13-17(21)19-14-8-9-15(25-2)16(12-14)27(23,24)20-10-5-4-6-11-20/h3,7-9,12H,4-6,10-11,13H2,1-2H3,(H,19,21)/b7-3+. The van der Waals surface area contributed by atoms with Crippen molar-refractivity contribution in [3.8, 4) is 5.75 Å². The van der Waals surface area contributed by atoms with Crippen molar-refractivity contribution >= 4 is 27.6 Å². The number of esters is 1. The molecule has 0 bridgehead atoms. The van der Waals surface area contributed by atoms with Gasteiger partial charge in [0.1, 0.15) is 10.6 Å². The molecular formula is C18H24N2O6S. The van der Waals surface area contributed by atoms with E-state index >= 15 is 0 Å². The van der Waals surface area contributed by atoms with Gasteiger partial charge in [-0.3, -0.25) is 4.79 Å². The van der Waals surface area contributed by atoms with Gasteiger partial charge in [0.25, 0.3) is 5.91 Å². The van der Waals surface area contributed by atoms with Gasteiger partial charge in [0, 0.05) is 24.9 Å². The van der Waals surface area contributed by atoms with Crippen LogP contribution in [0.5, 0.6) is 5.75 Å². The van der Waals surface area contributed by atoms with Crippen molar-refractivity contribution in [3.63, 3.8) is 0 Å². The molecule has 1 saturated heterocycles. The Hall–Kier alpha value is -2.39. The van der Waals surface area contributed by atoms with Crippen LogP contribution >= 0.6 is 0 Å². The number of rotatable bonds is 7. The number of sulfonamides is 1. The van der Waals surface area contributed by atoms with Crippen LogP contribution in [-0.2, 0) is 24.3 Å². The lowest BCUT2D eigenvalue weighted by atomic mass is 10.2. The number of methoxy groups -OCH3 is 1. The van der Waals surface area contributed by atoms with E-state index in [9.17, 15) is 18.0 Å². The number of anilines is 1. The molecule has 2 rings (SSSR count). The van der Waals surface area contributed by atoms with E-state index < -0.39 is 28.5 Å². The first-order valence-corrected chi connectivity index (χ1v) is 10.1. The minimum atomic E-state index is -3.73. The fourth-order valence-electron chi connectivity index (χ4n) is 2.72. The Morgan fingerprint density at radius 2 is 1.93 bits per heavy atom. The van der Waals surface area contributed by atoms with Gasteiger partial charge >= 0.3 is 5.97 Å². The monoisotopic (exact) mass is 396 g/mol. The molecule has 0 aliphatic carbocycles. The van der Waals surface area contributed by atoms with E-state index in [1.54, 1.807) is 6.92 Å². The normalized spacial score (nSPS) is 15.5. The predicted molar refractivity (Wildman–Crippen MR) is 100 cm³/mol. The van der Waals surface area contributed by atoms with Crippen molar-refractivity contribution in [1.82, 2.24) is 4.31 Å². The highest BCUT2D eigenvalue weighted by molar-refractivity contribution is 7.89. The summed E-state index contributed by atoms with van der Waals surface area (Å²) in [4.78, 5) is 23.2. The van der Waals surface area contributed by atoms with E-state index in [0.717, 1.165) is 19.3 Å². The van der Waals surface area contributed by atoms with Crippen LogP contribution in [0, 0.1) is 0 Å². The summed E-state index contributed by atoms with van der Waals surface area (Å²) in [6, 6.07) is 4.37. The Kier molecular flexibility index (Phi) is 7.37. The largest absolute Gasteiger partial charge is 0.495 e. The van der Waals surface area contributed by atoms with Gasteiger partial charge in [-0.05, 0) is 38.0 Å². The third-order valence-corrected chi connectivity index (χ3v) is 5.95. The number of allylic oxidation sites excluding steroid dienone is 1. The maximum Gasteiger partial charge on any atom is 0.330 e.